The molecule has 2 aromatic carbocycles. The lowest BCUT2D eigenvalue weighted by molar-refractivity contribution is -0.148. The van der Waals surface area contributed by atoms with Crippen molar-refractivity contribution in [2.75, 3.05) is 27.3 Å². The fourth-order valence-electron chi connectivity index (χ4n) is 3.98. The number of carboxylic acids is 1. The van der Waals surface area contributed by atoms with E-state index in [4.69, 9.17) is 14.6 Å². The Labute approximate surface area is 195 Å². The van der Waals surface area contributed by atoms with Gasteiger partial charge in [-0.25, -0.2) is 9.59 Å². The van der Waals surface area contributed by atoms with Crippen molar-refractivity contribution < 1.29 is 37.3 Å². The Morgan fingerprint density at radius 1 is 1.15 bits per heavy atom. The van der Waals surface area contributed by atoms with Gasteiger partial charge in [-0.05, 0) is 41.8 Å². The minimum absolute atomic E-state index is 0.223. The summed E-state index contributed by atoms with van der Waals surface area (Å²) >= 11 is 0. The Balaban J connectivity index is 1.64. The summed E-state index contributed by atoms with van der Waals surface area (Å²) in [4.78, 5) is 24.9. The Kier molecular flexibility index (Phi) is 7.71. The van der Waals surface area contributed by atoms with Crippen molar-refractivity contribution in [3.8, 4) is 5.75 Å². The molecule has 2 aromatic rings. The van der Waals surface area contributed by atoms with Crippen molar-refractivity contribution in [1.29, 1.82) is 0 Å². The summed E-state index contributed by atoms with van der Waals surface area (Å²) in [7, 11) is 3.01. The first-order valence-electron chi connectivity index (χ1n) is 10.7. The average Bonchev–Trinajstić information content (AvgIpc) is 3.06. The molecule has 2 amide bonds. The zero-order valence-electron chi connectivity index (χ0n) is 18.9. The van der Waals surface area contributed by atoms with Crippen molar-refractivity contribution in [2.24, 2.45) is 0 Å². The molecular formula is C24H27F3N2O5. The third kappa shape index (κ3) is 5.99. The topological polar surface area (TPSA) is 88.1 Å². The number of amides is 2. The normalized spacial score (nSPS) is 19.1. The van der Waals surface area contributed by atoms with Gasteiger partial charge >= 0.3 is 18.2 Å². The highest BCUT2D eigenvalue weighted by Gasteiger charge is 2.43. The number of halogens is 3. The lowest BCUT2D eigenvalue weighted by Crippen LogP contribution is -2.48. The quantitative estimate of drug-likeness (QED) is 0.541. The average molecular weight is 480 g/mol. The minimum Gasteiger partial charge on any atom is -0.494 e. The van der Waals surface area contributed by atoms with E-state index in [9.17, 15) is 22.8 Å². The number of benzene rings is 2. The second-order valence-corrected chi connectivity index (χ2v) is 8.32. The number of carbonyl (C=O) groups excluding carboxylic acids is 1. The van der Waals surface area contributed by atoms with E-state index in [0.717, 1.165) is 17.7 Å². The highest BCUT2D eigenvalue weighted by atomic mass is 19.4. The second kappa shape index (κ2) is 10.3. The first-order chi connectivity index (χ1) is 16.0. The van der Waals surface area contributed by atoms with Crippen LogP contribution in [0.15, 0.2) is 48.5 Å². The largest absolute Gasteiger partial charge is 0.494 e. The molecule has 1 aliphatic heterocycles. The number of nitrogens with one attached hydrogen (secondary N) is 1. The molecule has 7 nitrogen and oxygen atoms in total. The van der Waals surface area contributed by atoms with E-state index in [1.807, 2.05) is 0 Å². The minimum atomic E-state index is -4.40. The zero-order valence-corrected chi connectivity index (χ0v) is 18.9. The molecule has 1 fully saturated rings. The molecule has 1 aliphatic rings. The summed E-state index contributed by atoms with van der Waals surface area (Å²) in [6, 6.07) is 11.7. The van der Waals surface area contributed by atoms with Crippen LogP contribution in [0.1, 0.15) is 23.1 Å². The highest BCUT2D eigenvalue weighted by molar-refractivity contribution is 5.77. The van der Waals surface area contributed by atoms with E-state index in [1.165, 1.54) is 19.2 Å². The van der Waals surface area contributed by atoms with Crippen LogP contribution in [0.3, 0.4) is 0 Å². The SMILES string of the molecule is COC(Cc1ccc(OCCC2(Cc3ccc(C(F)(F)F)cc3)CNC(=O)N2C)cc1)C(=O)O. The molecule has 0 aromatic heterocycles. The lowest BCUT2D eigenvalue weighted by Gasteiger charge is -2.35. The van der Waals surface area contributed by atoms with Gasteiger partial charge in [0, 0.05) is 33.5 Å². The van der Waals surface area contributed by atoms with Crippen LogP contribution in [-0.4, -0.2) is 61.0 Å². The molecule has 0 bridgehead atoms. The van der Waals surface area contributed by atoms with Crippen LogP contribution < -0.4 is 10.1 Å². The maximum Gasteiger partial charge on any atom is 0.416 e. The molecule has 0 aliphatic carbocycles. The van der Waals surface area contributed by atoms with Crippen LogP contribution in [0.2, 0.25) is 0 Å². The zero-order chi connectivity index (χ0) is 24.9. The summed E-state index contributed by atoms with van der Waals surface area (Å²) < 4.78 is 49.4. The second-order valence-electron chi connectivity index (χ2n) is 8.32. The lowest BCUT2D eigenvalue weighted by atomic mass is 9.87. The summed E-state index contributed by atoms with van der Waals surface area (Å²) in [5.41, 5.74) is 0.105. The van der Waals surface area contributed by atoms with Gasteiger partial charge in [-0.3, -0.25) is 0 Å². The van der Waals surface area contributed by atoms with Crippen LogP contribution in [-0.2, 0) is 28.5 Å². The highest BCUT2D eigenvalue weighted by Crippen LogP contribution is 2.32. The van der Waals surface area contributed by atoms with Gasteiger partial charge < -0.3 is 24.8 Å². The third-order valence-corrected chi connectivity index (χ3v) is 6.14. The van der Waals surface area contributed by atoms with E-state index in [-0.39, 0.29) is 19.1 Å². The van der Waals surface area contributed by atoms with Gasteiger partial charge in [-0.1, -0.05) is 24.3 Å². The smallest absolute Gasteiger partial charge is 0.416 e. The van der Waals surface area contributed by atoms with Gasteiger partial charge in [-0.15, -0.1) is 0 Å². The molecule has 1 heterocycles. The number of hydrogen-bond donors (Lipinski definition) is 2. The summed E-state index contributed by atoms with van der Waals surface area (Å²) in [6.07, 6.45) is -4.29. The van der Waals surface area contributed by atoms with Crippen LogP contribution in [0, 0.1) is 0 Å². The van der Waals surface area contributed by atoms with Crippen molar-refractivity contribution in [3.63, 3.8) is 0 Å². The summed E-state index contributed by atoms with van der Waals surface area (Å²) in [5.74, 6) is -0.456. The Morgan fingerprint density at radius 2 is 1.76 bits per heavy atom. The fourth-order valence-corrected chi connectivity index (χ4v) is 3.98. The number of carboxylic acid groups (broad SMARTS) is 1. The van der Waals surface area contributed by atoms with Gasteiger partial charge in [-0.2, -0.15) is 13.2 Å². The summed E-state index contributed by atoms with van der Waals surface area (Å²) in [6.45, 7) is 0.619. The van der Waals surface area contributed by atoms with Crippen molar-refractivity contribution in [3.05, 3.63) is 65.2 Å². The molecule has 2 unspecified atom stereocenters. The number of rotatable bonds is 10. The fraction of sp³-hybridized carbons (Fsp3) is 0.417. The Bertz CT molecular complexity index is 995. The van der Waals surface area contributed by atoms with Crippen LogP contribution in [0.5, 0.6) is 5.75 Å². The molecule has 10 heteroatoms. The summed E-state index contributed by atoms with van der Waals surface area (Å²) in [5, 5.41) is 11.9. The predicted molar refractivity (Wildman–Crippen MR) is 118 cm³/mol. The van der Waals surface area contributed by atoms with Crippen LogP contribution >= 0.6 is 0 Å². The number of nitrogens with zero attached hydrogens (tertiary/aromatic N) is 1. The molecule has 1 saturated heterocycles. The van der Waals surface area contributed by atoms with Crippen LogP contribution in [0.4, 0.5) is 18.0 Å². The molecule has 2 atom stereocenters. The predicted octanol–water partition coefficient (Wildman–Crippen LogP) is 3.75. The van der Waals surface area contributed by atoms with Gasteiger partial charge in [0.15, 0.2) is 6.10 Å². The molecule has 0 radical (unpaired) electrons. The number of ether oxygens (including phenoxy) is 2. The van der Waals surface area contributed by atoms with Gasteiger partial charge in [0.1, 0.15) is 5.75 Å². The van der Waals surface area contributed by atoms with E-state index in [2.05, 4.69) is 5.32 Å². The number of carbonyl (C=O) groups is 2. The molecule has 2 N–H and O–H groups in total. The van der Waals surface area contributed by atoms with Crippen LogP contribution in [0.25, 0.3) is 0 Å². The van der Waals surface area contributed by atoms with E-state index >= 15 is 0 Å². The van der Waals surface area contributed by atoms with Gasteiger partial charge in [0.05, 0.1) is 17.7 Å². The van der Waals surface area contributed by atoms with E-state index in [1.54, 1.807) is 36.2 Å². The number of aliphatic carboxylic acids is 1. The van der Waals surface area contributed by atoms with Gasteiger partial charge in [0.25, 0.3) is 0 Å². The number of urea groups is 1. The van der Waals surface area contributed by atoms with E-state index in [0.29, 0.717) is 30.7 Å². The number of methoxy groups -OCH3 is 1. The number of alkyl halides is 3. The first-order valence-corrected chi connectivity index (χ1v) is 10.7. The van der Waals surface area contributed by atoms with Crippen molar-refractivity contribution >= 4 is 12.0 Å². The molecule has 34 heavy (non-hydrogen) atoms. The molecule has 184 valence electrons. The number of hydrogen-bond acceptors (Lipinski definition) is 4. The monoisotopic (exact) mass is 480 g/mol. The molecular weight excluding hydrogens is 453 g/mol. The molecule has 3 rings (SSSR count). The molecule has 0 saturated carbocycles. The molecule has 0 spiro atoms. The number of likely N-dealkylation sites (N-methyl/N-ethyl adjacent to an activating group) is 1. The van der Waals surface area contributed by atoms with Crippen molar-refractivity contribution in [2.45, 2.75) is 37.1 Å². The Morgan fingerprint density at radius 3 is 2.26 bits per heavy atom. The maximum absolute atomic E-state index is 12.9. The van der Waals surface area contributed by atoms with E-state index < -0.39 is 29.4 Å². The Hall–Kier alpha value is -3.27. The first kappa shape index (κ1) is 25.4. The maximum atomic E-state index is 12.9. The standard InChI is InChI=1S/C24H27F3N2O5/c1-29-22(32)28-15-23(29,14-17-3-7-18(8-4-17)24(25,26)27)11-12-34-19-9-5-16(6-10-19)13-20(33-2)21(30)31/h3-10,20H,11-15H2,1-2H3,(H,28,32)(H,30,31). The van der Waals surface area contributed by atoms with Crippen molar-refractivity contribution in [1.82, 2.24) is 10.2 Å². The third-order valence-electron chi connectivity index (χ3n) is 6.14. The van der Waals surface area contributed by atoms with Gasteiger partial charge in [0.2, 0.25) is 0 Å².